The summed E-state index contributed by atoms with van der Waals surface area (Å²) in [5.74, 6) is 0.253. The van der Waals surface area contributed by atoms with Gasteiger partial charge in [-0.1, -0.05) is 30.8 Å². The molecule has 0 radical (unpaired) electrons. The number of rotatable bonds is 9. The zero-order chi connectivity index (χ0) is 20.6. The van der Waals surface area contributed by atoms with Crippen LogP contribution in [-0.4, -0.2) is 46.9 Å². The Labute approximate surface area is 177 Å². The first kappa shape index (κ1) is 21.8. The summed E-state index contributed by atoms with van der Waals surface area (Å²) in [6.45, 7) is 8.25. The van der Waals surface area contributed by atoms with Crippen molar-refractivity contribution in [2.24, 2.45) is 0 Å². The standard InChI is InChI=1S/C22H32N4O2S/c1-3-17(2)23-20(27)16-29-22-24-19-11-6-5-10-18(19)21(28)26(22)15-9-14-25-12-7-4-8-13-25/h5-6,10-11,17H,3-4,7-9,12-16H2,1-2H3,(H,23,27)/p+1/t17-/m1/s1. The number of likely N-dealkylation sites (tertiary alicyclic amines) is 1. The van der Waals surface area contributed by atoms with Crippen molar-refractivity contribution in [3.8, 4) is 0 Å². The predicted octanol–water partition coefficient (Wildman–Crippen LogP) is 1.86. The Morgan fingerprint density at radius 1 is 1.28 bits per heavy atom. The van der Waals surface area contributed by atoms with Gasteiger partial charge in [0.05, 0.1) is 36.3 Å². The maximum atomic E-state index is 13.1. The Morgan fingerprint density at radius 3 is 2.79 bits per heavy atom. The Bertz CT molecular complexity index is 877. The van der Waals surface area contributed by atoms with Gasteiger partial charge in [0.1, 0.15) is 0 Å². The number of benzene rings is 1. The number of thioether (sulfide) groups is 1. The second kappa shape index (κ2) is 10.8. The molecule has 6 nitrogen and oxygen atoms in total. The molecule has 1 amide bonds. The molecule has 7 heteroatoms. The number of hydrogen-bond donors (Lipinski definition) is 2. The van der Waals surface area contributed by atoms with Gasteiger partial charge in [-0.3, -0.25) is 14.2 Å². The van der Waals surface area contributed by atoms with Crippen LogP contribution in [0.4, 0.5) is 0 Å². The van der Waals surface area contributed by atoms with E-state index in [0.717, 1.165) is 19.4 Å². The molecule has 3 rings (SSSR count). The van der Waals surface area contributed by atoms with Gasteiger partial charge in [0, 0.05) is 19.0 Å². The van der Waals surface area contributed by atoms with Gasteiger partial charge in [-0.25, -0.2) is 4.98 Å². The lowest BCUT2D eigenvalue weighted by Gasteiger charge is -2.23. The van der Waals surface area contributed by atoms with Gasteiger partial charge in [-0.15, -0.1) is 0 Å². The minimum Gasteiger partial charge on any atom is -0.353 e. The number of carbonyl (C=O) groups is 1. The lowest BCUT2D eigenvalue weighted by atomic mass is 10.1. The van der Waals surface area contributed by atoms with E-state index in [1.807, 2.05) is 38.1 Å². The highest BCUT2D eigenvalue weighted by Gasteiger charge is 2.16. The van der Waals surface area contributed by atoms with Crippen LogP contribution in [0.5, 0.6) is 0 Å². The zero-order valence-electron chi connectivity index (χ0n) is 17.6. The van der Waals surface area contributed by atoms with Gasteiger partial charge in [0.2, 0.25) is 5.91 Å². The molecule has 0 aliphatic carbocycles. The predicted molar refractivity (Wildman–Crippen MR) is 119 cm³/mol. The fraction of sp³-hybridized carbons (Fsp3) is 0.591. The van der Waals surface area contributed by atoms with Gasteiger partial charge >= 0.3 is 0 Å². The molecule has 0 bridgehead atoms. The smallest absolute Gasteiger partial charge is 0.262 e. The third-order valence-electron chi connectivity index (χ3n) is 5.65. The number of para-hydroxylation sites is 1. The molecule has 1 aromatic heterocycles. The average Bonchev–Trinajstić information content (AvgIpc) is 2.74. The third kappa shape index (κ3) is 6.06. The van der Waals surface area contributed by atoms with Crippen LogP contribution in [-0.2, 0) is 11.3 Å². The minimum absolute atomic E-state index is 0.00548. The molecule has 0 spiro atoms. The Kier molecular flexibility index (Phi) is 8.12. The fourth-order valence-corrected chi connectivity index (χ4v) is 4.63. The van der Waals surface area contributed by atoms with Crippen LogP contribution in [0.15, 0.2) is 34.2 Å². The first-order chi connectivity index (χ1) is 14.1. The topological polar surface area (TPSA) is 68.4 Å². The second-order valence-electron chi connectivity index (χ2n) is 7.95. The summed E-state index contributed by atoms with van der Waals surface area (Å²) in [6, 6.07) is 7.62. The lowest BCUT2D eigenvalue weighted by Crippen LogP contribution is -3.12. The number of carbonyl (C=O) groups excluding carboxylic acids is 1. The number of aromatic nitrogens is 2. The van der Waals surface area contributed by atoms with E-state index in [9.17, 15) is 9.59 Å². The highest BCUT2D eigenvalue weighted by molar-refractivity contribution is 7.99. The van der Waals surface area contributed by atoms with Gasteiger partial charge in [-0.2, -0.15) is 0 Å². The maximum Gasteiger partial charge on any atom is 0.262 e. The van der Waals surface area contributed by atoms with Crippen molar-refractivity contribution in [3.05, 3.63) is 34.6 Å². The van der Waals surface area contributed by atoms with Crippen LogP contribution in [0.2, 0.25) is 0 Å². The molecule has 29 heavy (non-hydrogen) atoms. The molecule has 1 atom stereocenters. The molecule has 0 saturated carbocycles. The van der Waals surface area contributed by atoms with Crippen LogP contribution < -0.4 is 15.8 Å². The Hall–Kier alpha value is -1.86. The highest BCUT2D eigenvalue weighted by atomic mass is 32.2. The maximum absolute atomic E-state index is 13.1. The zero-order valence-corrected chi connectivity index (χ0v) is 18.4. The van der Waals surface area contributed by atoms with Crippen LogP contribution >= 0.6 is 11.8 Å². The molecule has 1 saturated heterocycles. The van der Waals surface area contributed by atoms with Crippen molar-refractivity contribution in [2.45, 2.75) is 63.7 Å². The summed E-state index contributed by atoms with van der Waals surface area (Å²) >= 11 is 1.36. The molecular weight excluding hydrogens is 384 g/mol. The molecule has 2 heterocycles. The van der Waals surface area contributed by atoms with E-state index in [-0.39, 0.29) is 23.3 Å². The van der Waals surface area contributed by atoms with Crippen LogP contribution in [0.25, 0.3) is 10.9 Å². The monoisotopic (exact) mass is 417 g/mol. The number of quaternary nitrogens is 1. The highest BCUT2D eigenvalue weighted by Crippen LogP contribution is 2.18. The first-order valence-electron chi connectivity index (χ1n) is 10.8. The van der Waals surface area contributed by atoms with Gasteiger partial charge < -0.3 is 10.2 Å². The average molecular weight is 418 g/mol. The normalized spacial score (nSPS) is 16.1. The third-order valence-corrected chi connectivity index (χ3v) is 6.63. The molecule has 2 aromatic rings. The van der Waals surface area contributed by atoms with E-state index in [2.05, 4.69) is 5.32 Å². The molecule has 1 aliphatic heterocycles. The summed E-state index contributed by atoms with van der Waals surface area (Å²) in [5, 5.41) is 4.26. The number of piperidine rings is 1. The van der Waals surface area contributed by atoms with Crippen molar-refractivity contribution >= 4 is 28.6 Å². The van der Waals surface area contributed by atoms with E-state index in [1.165, 1.54) is 44.1 Å². The van der Waals surface area contributed by atoms with Crippen LogP contribution in [0.3, 0.4) is 0 Å². The quantitative estimate of drug-likeness (QED) is 0.483. The summed E-state index contributed by atoms with van der Waals surface area (Å²) < 4.78 is 1.77. The second-order valence-corrected chi connectivity index (χ2v) is 8.89. The SMILES string of the molecule is CC[C@@H](C)NC(=O)CSc1nc2ccccc2c(=O)n1CCC[NH+]1CCCCC1. The Morgan fingerprint density at radius 2 is 2.03 bits per heavy atom. The van der Waals surface area contributed by atoms with Gasteiger partial charge in [0.15, 0.2) is 5.16 Å². The summed E-state index contributed by atoms with van der Waals surface area (Å²) in [7, 11) is 0. The number of amides is 1. The van der Waals surface area contributed by atoms with Crippen molar-refractivity contribution in [1.29, 1.82) is 0 Å². The fourth-order valence-electron chi connectivity index (χ4n) is 3.79. The molecule has 1 fully saturated rings. The Balaban J connectivity index is 1.74. The summed E-state index contributed by atoms with van der Waals surface area (Å²) in [5.41, 5.74) is 0.689. The van der Waals surface area contributed by atoms with Crippen molar-refractivity contribution in [1.82, 2.24) is 14.9 Å². The summed E-state index contributed by atoms with van der Waals surface area (Å²) in [4.78, 5) is 31.7. The molecule has 2 N–H and O–H groups in total. The van der Waals surface area contributed by atoms with Gasteiger partial charge in [-0.05, 0) is 44.7 Å². The van der Waals surface area contributed by atoms with E-state index in [4.69, 9.17) is 4.98 Å². The molecule has 158 valence electrons. The molecular formula is C22H33N4O2S+. The van der Waals surface area contributed by atoms with Crippen molar-refractivity contribution in [3.63, 3.8) is 0 Å². The minimum atomic E-state index is -0.0175. The van der Waals surface area contributed by atoms with Crippen LogP contribution in [0.1, 0.15) is 46.0 Å². The summed E-state index contributed by atoms with van der Waals surface area (Å²) in [6.07, 6.45) is 5.80. The number of nitrogens with zero attached hydrogens (tertiary/aromatic N) is 2. The molecule has 0 unspecified atom stereocenters. The van der Waals surface area contributed by atoms with E-state index >= 15 is 0 Å². The molecule has 1 aromatic carbocycles. The lowest BCUT2D eigenvalue weighted by molar-refractivity contribution is -0.905. The number of nitrogens with one attached hydrogen (secondary N) is 2. The van der Waals surface area contributed by atoms with E-state index in [0.29, 0.717) is 22.6 Å². The van der Waals surface area contributed by atoms with E-state index < -0.39 is 0 Å². The number of hydrogen-bond acceptors (Lipinski definition) is 4. The largest absolute Gasteiger partial charge is 0.353 e. The van der Waals surface area contributed by atoms with Crippen molar-refractivity contribution < 1.29 is 9.69 Å². The van der Waals surface area contributed by atoms with Crippen LogP contribution in [0, 0.1) is 0 Å². The van der Waals surface area contributed by atoms with E-state index in [1.54, 1.807) is 9.47 Å². The number of fused-ring (bicyclic) bond motifs is 1. The van der Waals surface area contributed by atoms with Gasteiger partial charge in [0.25, 0.3) is 5.56 Å². The van der Waals surface area contributed by atoms with Crippen molar-refractivity contribution in [2.75, 3.05) is 25.4 Å². The first-order valence-corrected chi connectivity index (χ1v) is 11.8. The molecule has 1 aliphatic rings.